The van der Waals surface area contributed by atoms with E-state index in [1.807, 2.05) is 40.7 Å². The maximum atomic E-state index is 13.2. The minimum atomic E-state index is -0.956. The standard InChI is InChI=1S/C26H34O4/c1-13-14(2)16(4)22(17(5)15(13)3)21(27)12-11-20-24(30-10)18(6)23(25(28)29)19(7)26(20,8)9/h11-12,20H,1-10H3,(H,28,29). The fourth-order valence-electron chi connectivity index (χ4n) is 4.59. The number of carboxylic acid groups (broad SMARTS) is 1. The van der Waals surface area contributed by atoms with Crippen LogP contribution in [0.25, 0.3) is 0 Å². The molecule has 0 saturated carbocycles. The van der Waals surface area contributed by atoms with Gasteiger partial charge in [-0.2, -0.15) is 0 Å². The van der Waals surface area contributed by atoms with Crippen LogP contribution in [0, 0.1) is 46.0 Å². The van der Waals surface area contributed by atoms with Crippen molar-refractivity contribution in [2.75, 3.05) is 7.11 Å². The molecule has 0 fully saturated rings. The first-order valence-electron chi connectivity index (χ1n) is 10.3. The van der Waals surface area contributed by atoms with Gasteiger partial charge in [-0.25, -0.2) is 4.79 Å². The van der Waals surface area contributed by atoms with E-state index in [0.717, 1.165) is 33.4 Å². The molecule has 0 bridgehead atoms. The number of aliphatic carboxylic acids is 1. The number of methoxy groups -OCH3 is 1. The second kappa shape index (κ2) is 8.25. The Bertz CT molecular complexity index is 987. The fraction of sp³-hybridized carbons (Fsp3) is 0.462. The van der Waals surface area contributed by atoms with Crippen LogP contribution in [0.3, 0.4) is 0 Å². The molecule has 0 heterocycles. The van der Waals surface area contributed by atoms with Gasteiger partial charge in [0.2, 0.25) is 0 Å². The van der Waals surface area contributed by atoms with E-state index in [1.54, 1.807) is 20.1 Å². The van der Waals surface area contributed by atoms with Crippen molar-refractivity contribution in [1.29, 1.82) is 0 Å². The second-order valence-corrected chi connectivity index (χ2v) is 8.92. The van der Waals surface area contributed by atoms with Crippen molar-refractivity contribution in [2.45, 2.75) is 62.3 Å². The molecule has 162 valence electrons. The van der Waals surface area contributed by atoms with Gasteiger partial charge in [-0.15, -0.1) is 0 Å². The first-order valence-corrected chi connectivity index (χ1v) is 10.3. The van der Waals surface area contributed by atoms with Crippen LogP contribution >= 0.6 is 0 Å². The van der Waals surface area contributed by atoms with Gasteiger partial charge in [0.1, 0.15) is 5.76 Å². The zero-order chi connectivity index (χ0) is 23.1. The van der Waals surface area contributed by atoms with Gasteiger partial charge < -0.3 is 9.84 Å². The lowest BCUT2D eigenvalue weighted by molar-refractivity contribution is -0.132. The van der Waals surface area contributed by atoms with Crippen LogP contribution < -0.4 is 0 Å². The molecule has 30 heavy (non-hydrogen) atoms. The Morgan fingerprint density at radius 3 is 1.80 bits per heavy atom. The number of hydrogen-bond acceptors (Lipinski definition) is 3. The molecule has 1 unspecified atom stereocenters. The van der Waals surface area contributed by atoms with Crippen molar-refractivity contribution in [3.05, 3.63) is 68.0 Å². The third kappa shape index (κ3) is 3.64. The van der Waals surface area contributed by atoms with E-state index in [1.165, 1.54) is 5.56 Å². The summed E-state index contributed by atoms with van der Waals surface area (Å²) in [4.78, 5) is 25.1. The zero-order valence-electron chi connectivity index (χ0n) is 19.9. The number of allylic oxidation sites excluding steroid dienone is 3. The normalized spacial score (nSPS) is 18.9. The van der Waals surface area contributed by atoms with E-state index in [4.69, 9.17) is 4.74 Å². The second-order valence-electron chi connectivity index (χ2n) is 8.92. The Labute approximate surface area is 180 Å². The average Bonchev–Trinajstić information content (AvgIpc) is 2.66. The molecule has 1 aliphatic carbocycles. The maximum absolute atomic E-state index is 13.2. The summed E-state index contributed by atoms with van der Waals surface area (Å²) in [5.74, 6) is -0.631. The van der Waals surface area contributed by atoms with Gasteiger partial charge in [-0.05, 0) is 87.8 Å². The van der Waals surface area contributed by atoms with Gasteiger partial charge in [-0.1, -0.05) is 25.5 Å². The Morgan fingerprint density at radius 2 is 1.37 bits per heavy atom. The number of carbonyl (C=O) groups is 2. The molecule has 0 saturated heterocycles. The number of ether oxygens (including phenoxy) is 1. The Kier molecular flexibility index (Phi) is 6.51. The van der Waals surface area contributed by atoms with Crippen LogP contribution in [0.2, 0.25) is 0 Å². The van der Waals surface area contributed by atoms with Gasteiger partial charge in [0.25, 0.3) is 0 Å². The molecule has 4 nitrogen and oxygen atoms in total. The molecule has 1 N–H and O–H groups in total. The van der Waals surface area contributed by atoms with Gasteiger partial charge in [0.05, 0.1) is 12.7 Å². The number of ketones is 1. The van der Waals surface area contributed by atoms with Gasteiger partial charge >= 0.3 is 5.97 Å². The van der Waals surface area contributed by atoms with Crippen molar-refractivity contribution in [3.8, 4) is 0 Å². The van der Waals surface area contributed by atoms with Crippen molar-refractivity contribution >= 4 is 11.8 Å². The minimum Gasteiger partial charge on any atom is -0.500 e. The number of rotatable bonds is 5. The maximum Gasteiger partial charge on any atom is 0.336 e. The highest BCUT2D eigenvalue weighted by Gasteiger charge is 2.41. The van der Waals surface area contributed by atoms with Crippen LogP contribution in [0.1, 0.15) is 65.9 Å². The summed E-state index contributed by atoms with van der Waals surface area (Å²) in [6.07, 6.45) is 3.50. The highest BCUT2D eigenvalue weighted by molar-refractivity contribution is 6.07. The van der Waals surface area contributed by atoms with Crippen LogP contribution in [-0.2, 0) is 9.53 Å². The number of carboxylic acids is 1. The van der Waals surface area contributed by atoms with Crippen LogP contribution in [0.4, 0.5) is 0 Å². The van der Waals surface area contributed by atoms with Crippen molar-refractivity contribution in [1.82, 2.24) is 0 Å². The van der Waals surface area contributed by atoms with Crippen molar-refractivity contribution in [3.63, 3.8) is 0 Å². The highest BCUT2D eigenvalue weighted by Crippen LogP contribution is 2.48. The molecule has 0 aromatic heterocycles. The number of hydrogen-bond donors (Lipinski definition) is 1. The van der Waals surface area contributed by atoms with Gasteiger partial charge in [0.15, 0.2) is 5.78 Å². The minimum absolute atomic E-state index is 0.0363. The SMILES string of the molecule is COC1=C(C)C(C(=O)O)=C(C)C(C)(C)C1C=CC(=O)c1c(C)c(C)c(C)c(C)c1C. The Balaban J connectivity index is 2.58. The molecule has 1 atom stereocenters. The van der Waals surface area contributed by atoms with Gasteiger partial charge in [0, 0.05) is 17.1 Å². The predicted molar refractivity (Wildman–Crippen MR) is 121 cm³/mol. The summed E-state index contributed by atoms with van der Waals surface area (Å²) in [6.45, 7) is 17.8. The fourth-order valence-corrected chi connectivity index (χ4v) is 4.59. The van der Waals surface area contributed by atoms with Crippen LogP contribution in [0.15, 0.2) is 34.6 Å². The Morgan fingerprint density at radius 1 is 0.900 bits per heavy atom. The third-order valence-electron chi connectivity index (χ3n) is 7.27. The van der Waals surface area contributed by atoms with E-state index in [0.29, 0.717) is 16.9 Å². The molecular formula is C26H34O4. The smallest absolute Gasteiger partial charge is 0.336 e. The van der Waals surface area contributed by atoms with E-state index >= 15 is 0 Å². The van der Waals surface area contributed by atoms with E-state index in [2.05, 4.69) is 20.8 Å². The van der Waals surface area contributed by atoms with Crippen molar-refractivity contribution < 1.29 is 19.4 Å². The lowest BCUT2D eigenvalue weighted by Crippen LogP contribution is -2.33. The average molecular weight is 411 g/mol. The zero-order valence-corrected chi connectivity index (χ0v) is 19.9. The molecular weight excluding hydrogens is 376 g/mol. The lowest BCUT2D eigenvalue weighted by atomic mass is 9.66. The topological polar surface area (TPSA) is 63.6 Å². The quantitative estimate of drug-likeness (QED) is 0.481. The molecule has 1 aliphatic rings. The molecule has 2 rings (SSSR count). The van der Waals surface area contributed by atoms with Crippen LogP contribution in [-0.4, -0.2) is 24.0 Å². The van der Waals surface area contributed by atoms with Crippen molar-refractivity contribution in [2.24, 2.45) is 11.3 Å². The number of carbonyl (C=O) groups excluding carboxylic acids is 1. The summed E-state index contributed by atoms with van der Waals surface area (Å²) < 4.78 is 5.64. The lowest BCUT2D eigenvalue weighted by Gasteiger charge is -2.40. The summed E-state index contributed by atoms with van der Waals surface area (Å²) >= 11 is 0. The molecule has 1 aromatic rings. The summed E-state index contributed by atoms with van der Waals surface area (Å²) in [5, 5.41) is 9.69. The van der Waals surface area contributed by atoms with Gasteiger partial charge in [-0.3, -0.25) is 4.79 Å². The summed E-state index contributed by atoms with van der Waals surface area (Å²) in [7, 11) is 1.55. The van der Waals surface area contributed by atoms with E-state index in [-0.39, 0.29) is 11.7 Å². The molecule has 4 heteroatoms. The van der Waals surface area contributed by atoms with Crippen LogP contribution in [0.5, 0.6) is 0 Å². The monoisotopic (exact) mass is 410 g/mol. The van der Waals surface area contributed by atoms with E-state index in [9.17, 15) is 14.7 Å². The highest BCUT2D eigenvalue weighted by atomic mass is 16.5. The Hall–Kier alpha value is -2.62. The largest absolute Gasteiger partial charge is 0.500 e. The molecule has 1 aromatic carbocycles. The first-order chi connectivity index (χ1) is 13.8. The molecule has 0 aliphatic heterocycles. The predicted octanol–water partition coefficient (Wildman–Crippen LogP) is 5.95. The first kappa shape index (κ1) is 23.7. The third-order valence-corrected chi connectivity index (χ3v) is 7.27. The molecule has 0 spiro atoms. The molecule has 0 amide bonds. The number of benzene rings is 1. The molecule has 0 radical (unpaired) electrons. The van der Waals surface area contributed by atoms with E-state index < -0.39 is 11.4 Å². The summed E-state index contributed by atoms with van der Waals surface area (Å²) in [6, 6.07) is 0. The summed E-state index contributed by atoms with van der Waals surface area (Å²) in [5.41, 5.74) is 7.47.